The van der Waals surface area contributed by atoms with Crippen LogP contribution in [0, 0.1) is 10.1 Å². The summed E-state index contributed by atoms with van der Waals surface area (Å²) in [6.45, 7) is 3.38. The fourth-order valence-electron chi connectivity index (χ4n) is 3.06. The quantitative estimate of drug-likeness (QED) is 0.476. The zero-order chi connectivity index (χ0) is 20.3. The highest BCUT2D eigenvalue weighted by molar-refractivity contribution is 6.01. The van der Waals surface area contributed by atoms with Crippen molar-refractivity contribution in [3.63, 3.8) is 0 Å². The molecule has 0 spiro atoms. The molecule has 0 fully saturated rings. The number of carbonyl (C=O) groups is 2. The molecule has 2 rings (SSSR count). The van der Waals surface area contributed by atoms with Crippen molar-refractivity contribution in [3.8, 4) is 0 Å². The topological polar surface area (TPSA) is 111 Å². The monoisotopic (exact) mass is 375 g/mol. The molecule has 9 nitrogen and oxygen atoms in total. The summed E-state index contributed by atoms with van der Waals surface area (Å²) in [6, 6.07) is 5.83. The Bertz CT molecular complexity index is 858. The standard InChI is InChI=1S/C18H21N3O6/c1-10-14(17(22)20(3)27-5)16(15(11(2)19-10)18(23)26-4)12-7-6-8-13(9-12)21(24)25/h6-9,16,19H,1-5H3. The van der Waals surface area contributed by atoms with E-state index in [9.17, 15) is 19.7 Å². The van der Waals surface area contributed by atoms with Crippen molar-refractivity contribution in [1.29, 1.82) is 0 Å². The average molecular weight is 375 g/mol. The number of hydroxylamine groups is 2. The molecule has 0 saturated heterocycles. The molecule has 144 valence electrons. The molecule has 0 radical (unpaired) electrons. The number of nitrogens with zero attached hydrogens (tertiary/aromatic N) is 2. The van der Waals surface area contributed by atoms with Crippen LogP contribution in [0.2, 0.25) is 0 Å². The van der Waals surface area contributed by atoms with E-state index >= 15 is 0 Å². The van der Waals surface area contributed by atoms with Gasteiger partial charge >= 0.3 is 5.97 Å². The van der Waals surface area contributed by atoms with Gasteiger partial charge in [0.25, 0.3) is 11.6 Å². The van der Waals surface area contributed by atoms with E-state index in [0.29, 0.717) is 17.0 Å². The fourth-order valence-corrected chi connectivity index (χ4v) is 3.06. The molecule has 1 amide bonds. The third-order valence-electron chi connectivity index (χ3n) is 4.37. The number of rotatable bonds is 5. The molecule has 27 heavy (non-hydrogen) atoms. The zero-order valence-corrected chi connectivity index (χ0v) is 15.7. The Labute approximate surface area is 156 Å². The van der Waals surface area contributed by atoms with Crippen molar-refractivity contribution in [1.82, 2.24) is 10.4 Å². The summed E-state index contributed by atoms with van der Waals surface area (Å²) in [7, 11) is 4.02. The first-order chi connectivity index (χ1) is 12.7. The molecule has 1 aliphatic heterocycles. The number of hydrogen-bond donors (Lipinski definition) is 1. The maximum atomic E-state index is 12.9. The van der Waals surface area contributed by atoms with Gasteiger partial charge in [-0.1, -0.05) is 12.1 Å². The number of ether oxygens (including phenoxy) is 1. The van der Waals surface area contributed by atoms with Crippen LogP contribution in [0.25, 0.3) is 0 Å². The second kappa shape index (κ2) is 8.00. The van der Waals surface area contributed by atoms with Crippen LogP contribution in [-0.4, -0.2) is 43.1 Å². The third-order valence-corrected chi connectivity index (χ3v) is 4.37. The Balaban J connectivity index is 2.73. The van der Waals surface area contributed by atoms with Crippen LogP contribution in [0.3, 0.4) is 0 Å². The molecule has 0 bridgehead atoms. The van der Waals surface area contributed by atoms with Crippen LogP contribution in [0.4, 0.5) is 5.69 Å². The lowest BCUT2D eigenvalue weighted by Gasteiger charge is -2.32. The van der Waals surface area contributed by atoms with E-state index in [1.807, 2.05) is 0 Å². The summed E-state index contributed by atoms with van der Waals surface area (Å²) in [5.74, 6) is -1.95. The van der Waals surface area contributed by atoms with Crippen LogP contribution < -0.4 is 5.32 Å². The summed E-state index contributed by atoms with van der Waals surface area (Å²) in [4.78, 5) is 41.0. The maximum Gasteiger partial charge on any atom is 0.336 e. The maximum absolute atomic E-state index is 12.9. The molecule has 1 aromatic rings. The third kappa shape index (κ3) is 3.82. The highest BCUT2D eigenvalue weighted by atomic mass is 16.7. The summed E-state index contributed by atoms with van der Waals surface area (Å²) in [5.41, 5.74) is 1.76. The molecule has 9 heteroatoms. The Hall–Kier alpha value is -3.20. The number of carbonyl (C=O) groups excluding carboxylic acids is 2. The van der Waals surface area contributed by atoms with Gasteiger partial charge in [0, 0.05) is 30.6 Å². The van der Waals surface area contributed by atoms with E-state index in [4.69, 9.17) is 9.57 Å². The number of likely N-dealkylation sites (N-methyl/N-ethyl adjacent to an activating group) is 1. The number of allylic oxidation sites excluding steroid dienone is 2. The molecule has 0 saturated carbocycles. The van der Waals surface area contributed by atoms with E-state index < -0.39 is 22.7 Å². The van der Waals surface area contributed by atoms with Crippen molar-refractivity contribution in [2.75, 3.05) is 21.3 Å². The number of esters is 1. The minimum absolute atomic E-state index is 0.141. The summed E-state index contributed by atoms with van der Waals surface area (Å²) < 4.78 is 4.89. The minimum Gasteiger partial charge on any atom is -0.466 e. The first kappa shape index (κ1) is 20.1. The zero-order valence-electron chi connectivity index (χ0n) is 15.7. The number of methoxy groups -OCH3 is 1. The van der Waals surface area contributed by atoms with Gasteiger partial charge in [0.05, 0.1) is 36.2 Å². The van der Waals surface area contributed by atoms with Crippen molar-refractivity contribution < 1.29 is 24.1 Å². The van der Waals surface area contributed by atoms with E-state index in [0.717, 1.165) is 5.06 Å². The number of nitrogens with one attached hydrogen (secondary N) is 1. The Morgan fingerprint density at radius 1 is 1.19 bits per heavy atom. The Kier molecular flexibility index (Phi) is 5.96. The highest BCUT2D eigenvalue weighted by Crippen LogP contribution is 2.40. The highest BCUT2D eigenvalue weighted by Gasteiger charge is 2.38. The molecule has 1 aliphatic rings. The number of nitro groups is 1. The van der Waals surface area contributed by atoms with Crippen molar-refractivity contribution in [2.45, 2.75) is 19.8 Å². The van der Waals surface area contributed by atoms with E-state index in [-0.39, 0.29) is 16.8 Å². The smallest absolute Gasteiger partial charge is 0.336 e. The first-order valence-corrected chi connectivity index (χ1v) is 8.06. The first-order valence-electron chi connectivity index (χ1n) is 8.06. The molecule has 0 aromatic heterocycles. The number of dihydropyridines is 1. The summed E-state index contributed by atoms with van der Waals surface area (Å²) in [6.07, 6.45) is 0. The number of hydrogen-bond acceptors (Lipinski definition) is 7. The van der Waals surface area contributed by atoms with Crippen molar-refractivity contribution in [2.24, 2.45) is 0 Å². The van der Waals surface area contributed by atoms with Gasteiger partial charge in [-0.2, -0.15) is 0 Å². The van der Waals surface area contributed by atoms with Crippen molar-refractivity contribution in [3.05, 3.63) is 62.5 Å². The van der Waals surface area contributed by atoms with Gasteiger partial charge in [-0.25, -0.2) is 9.86 Å². The predicted molar refractivity (Wildman–Crippen MR) is 96.2 cm³/mol. The lowest BCUT2D eigenvalue weighted by Crippen LogP contribution is -2.37. The molecule has 1 aromatic carbocycles. The largest absolute Gasteiger partial charge is 0.466 e. The number of non-ortho nitro benzene ring substituents is 1. The molecular weight excluding hydrogens is 354 g/mol. The Morgan fingerprint density at radius 3 is 2.37 bits per heavy atom. The van der Waals surface area contributed by atoms with E-state index in [1.165, 1.54) is 39.5 Å². The Morgan fingerprint density at radius 2 is 1.81 bits per heavy atom. The van der Waals surface area contributed by atoms with Crippen LogP contribution in [0.1, 0.15) is 25.3 Å². The van der Waals surface area contributed by atoms with Gasteiger partial charge in [0.2, 0.25) is 0 Å². The SMILES string of the molecule is COC(=O)C1=C(C)NC(C)=C(C(=O)N(C)OC)C1c1cccc([N+](=O)[O-])c1. The second-order valence-electron chi connectivity index (χ2n) is 5.96. The van der Waals surface area contributed by atoms with Gasteiger partial charge in [-0.05, 0) is 19.4 Å². The number of amides is 1. The van der Waals surface area contributed by atoms with Gasteiger partial charge in [-0.3, -0.25) is 19.7 Å². The van der Waals surface area contributed by atoms with Gasteiger partial charge in [0.15, 0.2) is 0 Å². The van der Waals surface area contributed by atoms with Crippen LogP contribution in [0.15, 0.2) is 46.8 Å². The summed E-state index contributed by atoms with van der Waals surface area (Å²) in [5, 5.41) is 15.2. The molecule has 1 heterocycles. The molecule has 1 unspecified atom stereocenters. The molecule has 1 N–H and O–H groups in total. The summed E-state index contributed by atoms with van der Waals surface area (Å²) >= 11 is 0. The lowest BCUT2D eigenvalue weighted by molar-refractivity contribution is -0.384. The molecule has 1 atom stereocenters. The normalized spacial score (nSPS) is 16.7. The predicted octanol–water partition coefficient (Wildman–Crippen LogP) is 2.02. The second-order valence-corrected chi connectivity index (χ2v) is 5.96. The van der Waals surface area contributed by atoms with Crippen LogP contribution >= 0.6 is 0 Å². The van der Waals surface area contributed by atoms with E-state index in [1.54, 1.807) is 19.9 Å². The number of nitro benzene ring substituents is 1. The molecular formula is C18H21N3O6. The number of benzene rings is 1. The van der Waals surface area contributed by atoms with Crippen LogP contribution in [0.5, 0.6) is 0 Å². The van der Waals surface area contributed by atoms with Crippen molar-refractivity contribution >= 4 is 17.6 Å². The van der Waals surface area contributed by atoms with Crippen LogP contribution in [-0.2, 0) is 19.2 Å². The van der Waals surface area contributed by atoms with Gasteiger partial charge in [0.1, 0.15) is 0 Å². The average Bonchev–Trinajstić information content (AvgIpc) is 2.65. The van der Waals surface area contributed by atoms with E-state index in [2.05, 4.69) is 5.32 Å². The fraction of sp³-hybridized carbons (Fsp3) is 0.333. The van der Waals surface area contributed by atoms with Gasteiger partial charge in [-0.15, -0.1) is 0 Å². The lowest BCUT2D eigenvalue weighted by atomic mass is 9.80. The van der Waals surface area contributed by atoms with Gasteiger partial charge < -0.3 is 10.1 Å². The minimum atomic E-state index is -0.844. The molecule has 0 aliphatic carbocycles.